The van der Waals surface area contributed by atoms with Gasteiger partial charge >= 0.3 is 0 Å². The molecular formula is C10H15NO3. The Bertz CT molecular complexity index is 278. The highest BCUT2D eigenvalue weighted by Crippen LogP contribution is 2.14. The molecule has 0 amide bonds. The maximum Gasteiger partial charge on any atom is 0.120 e. The van der Waals surface area contributed by atoms with Crippen LogP contribution >= 0.6 is 0 Å². The highest BCUT2D eigenvalue weighted by Gasteiger charge is 2.02. The van der Waals surface area contributed by atoms with Gasteiger partial charge in [-0.25, -0.2) is 0 Å². The first-order chi connectivity index (χ1) is 6.74. The monoisotopic (exact) mass is 197 g/mol. The van der Waals surface area contributed by atoms with Crippen LogP contribution in [0.3, 0.4) is 0 Å². The SMILES string of the molecule is OC[C@@H](O)CNCc1ccccc1O. The molecule has 0 bridgehead atoms. The third kappa shape index (κ3) is 3.33. The van der Waals surface area contributed by atoms with Crippen LogP contribution < -0.4 is 5.32 Å². The van der Waals surface area contributed by atoms with Gasteiger partial charge in [-0.3, -0.25) is 0 Å². The number of para-hydroxylation sites is 1. The molecule has 1 atom stereocenters. The third-order valence-corrected chi connectivity index (χ3v) is 1.90. The first kappa shape index (κ1) is 11.0. The molecule has 0 aliphatic heterocycles. The number of hydrogen-bond acceptors (Lipinski definition) is 4. The molecule has 78 valence electrons. The summed E-state index contributed by atoms with van der Waals surface area (Å²) >= 11 is 0. The van der Waals surface area contributed by atoms with Gasteiger partial charge in [-0.1, -0.05) is 18.2 Å². The van der Waals surface area contributed by atoms with Crippen molar-refractivity contribution in [2.45, 2.75) is 12.6 Å². The lowest BCUT2D eigenvalue weighted by molar-refractivity contribution is 0.0942. The van der Waals surface area contributed by atoms with Crippen LogP contribution in [0.4, 0.5) is 0 Å². The molecule has 0 fully saturated rings. The smallest absolute Gasteiger partial charge is 0.120 e. The van der Waals surface area contributed by atoms with Gasteiger partial charge in [0.1, 0.15) is 5.75 Å². The standard InChI is InChI=1S/C10H15NO3/c12-7-9(13)6-11-5-8-3-1-2-4-10(8)14/h1-4,9,11-14H,5-7H2/t9-/m0/s1. The van der Waals surface area contributed by atoms with Crippen molar-refractivity contribution in [3.05, 3.63) is 29.8 Å². The Morgan fingerprint density at radius 3 is 2.64 bits per heavy atom. The van der Waals surface area contributed by atoms with E-state index < -0.39 is 6.10 Å². The Morgan fingerprint density at radius 1 is 1.29 bits per heavy atom. The molecule has 14 heavy (non-hydrogen) atoms. The van der Waals surface area contributed by atoms with Gasteiger partial charge in [0, 0.05) is 18.7 Å². The maximum absolute atomic E-state index is 9.38. The zero-order chi connectivity index (χ0) is 10.4. The van der Waals surface area contributed by atoms with E-state index in [1.54, 1.807) is 18.2 Å². The van der Waals surface area contributed by atoms with Crippen LogP contribution in [0.25, 0.3) is 0 Å². The Hall–Kier alpha value is -1.10. The highest BCUT2D eigenvalue weighted by atomic mass is 16.3. The molecule has 0 heterocycles. The van der Waals surface area contributed by atoms with E-state index in [2.05, 4.69) is 5.32 Å². The maximum atomic E-state index is 9.38. The highest BCUT2D eigenvalue weighted by molar-refractivity contribution is 5.31. The third-order valence-electron chi connectivity index (χ3n) is 1.90. The largest absolute Gasteiger partial charge is 0.508 e. The van der Waals surface area contributed by atoms with Gasteiger partial charge in [0.2, 0.25) is 0 Å². The lowest BCUT2D eigenvalue weighted by Crippen LogP contribution is -2.28. The summed E-state index contributed by atoms with van der Waals surface area (Å²) in [5.41, 5.74) is 0.776. The number of hydrogen-bond donors (Lipinski definition) is 4. The van der Waals surface area contributed by atoms with Gasteiger partial charge in [0.15, 0.2) is 0 Å². The number of rotatable bonds is 5. The van der Waals surface area contributed by atoms with E-state index >= 15 is 0 Å². The fourth-order valence-electron chi connectivity index (χ4n) is 1.10. The van der Waals surface area contributed by atoms with E-state index in [1.807, 2.05) is 6.07 Å². The lowest BCUT2D eigenvalue weighted by atomic mass is 10.2. The molecule has 4 N–H and O–H groups in total. The molecule has 0 aliphatic carbocycles. The van der Waals surface area contributed by atoms with Gasteiger partial charge in [-0.05, 0) is 6.07 Å². The van der Waals surface area contributed by atoms with Crippen LogP contribution in [0, 0.1) is 0 Å². The van der Waals surface area contributed by atoms with E-state index in [0.29, 0.717) is 13.1 Å². The summed E-state index contributed by atoms with van der Waals surface area (Å²) in [6.45, 7) is 0.530. The van der Waals surface area contributed by atoms with E-state index in [-0.39, 0.29) is 12.4 Å². The average molecular weight is 197 g/mol. The van der Waals surface area contributed by atoms with Crippen LogP contribution in [-0.2, 0) is 6.54 Å². The molecule has 1 aromatic carbocycles. The van der Waals surface area contributed by atoms with E-state index in [4.69, 9.17) is 10.2 Å². The second-order valence-electron chi connectivity index (χ2n) is 3.10. The lowest BCUT2D eigenvalue weighted by Gasteiger charge is -2.09. The molecule has 0 radical (unpaired) electrons. The fraction of sp³-hybridized carbons (Fsp3) is 0.400. The molecule has 4 heteroatoms. The number of phenols is 1. The molecule has 0 unspecified atom stereocenters. The van der Waals surface area contributed by atoms with Gasteiger partial charge < -0.3 is 20.6 Å². The van der Waals surface area contributed by atoms with Crippen molar-refractivity contribution < 1.29 is 15.3 Å². The van der Waals surface area contributed by atoms with Gasteiger partial charge in [0.25, 0.3) is 0 Å². The molecule has 1 aromatic rings. The van der Waals surface area contributed by atoms with Crippen LogP contribution in [-0.4, -0.2) is 34.6 Å². The zero-order valence-corrected chi connectivity index (χ0v) is 7.85. The molecule has 4 nitrogen and oxygen atoms in total. The Balaban J connectivity index is 2.35. The van der Waals surface area contributed by atoms with Crippen LogP contribution in [0.2, 0.25) is 0 Å². The first-order valence-corrected chi connectivity index (χ1v) is 4.50. The quantitative estimate of drug-likeness (QED) is 0.529. The first-order valence-electron chi connectivity index (χ1n) is 4.50. The van der Waals surface area contributed by atoms with E-state index in [1.165, 1.54) is 0 Å². The summed E-state index contributed by atoms with van der Waals surface area (Å²) in [6, 6.07) is 6.99. The molecular weight excluding hydrogens is 182 g/mol. The van der Waals surface area contributed by atoms with Crippen LogP contribution in [0.1, 0.15) is 5.56 Å². The molecule has 0 spiro atoms. The van der Waals surface area contributed by atoms with Crippen molar-refractivity contribution in [2.24, 2.45) is 0 Å². The summed E-state index contributed by atoms with van der Waals surface area (Å²) in [4.78, 5) is 0. The van der Waals surface area contributed by atoms with Crippen LogP contribution in [0.15, 0.2) is 24.3 Å². The minimum Gasteiger partial charge on any atom is -0.508 e. The summed E-state index contributed by atoms with van der Waals surface area (Å²) in [7, 11) is 0. The molecule has 0 aromatic heterocycles. The summed E-state index contributed by atoms with van der Waals surface area (Å²) in [5.74, 6) is 0.235. The average Bonchev–Trinajstić information content (AvgIpc) is 2.20. The summed E-state index contributed by atoms with van der Waals surface area (Å²) in [5, 5.41) is 29.9. The van der Waals surface area contributed by atoms with Gasteiger partial charge in [-0.15, -0.1) is 0 Å². The van der Waals surface area contributed by atoms with Crippen molar-refractivity contribution in [1.82, 2.24) is 5.32 Å². The predicted octanol–water partition coefficient (Wildman–Crippen LogP) is -0.165. The summed E-state index contributed by atoms with van der Waals surface area (Å²) < 4.78 is 0. The second-order valence-corrected chi connectivity index (χ2v) is 3.10. The Kier molecular flexibility index (Phi) is 4.39. The van der Waals surface area contributed by atoms with Crippen LogP contribution in [0.5, 0.6) is 5.75 Å². The van der Waals surface area contributed by atoms with Crippen molar-refractivity contribution >= 4 is 0 Å². The Morgan fingerprint density at radius 2 is 2.00 bits per heavy atom. The van der Waals surface area contributed by atoms with E-state index in [9.17, 15) is 5.11 Å². The minimum atomic E-state index is -0.749. The number of aliphatic hydroxyl groups is 2. The number of benzene rings is 1. The van der Waals surface area contributed by atoms with E-state index in [0.717, 1.165) is 5.56 Å². The number of aromatic hydroxyl groups is 1. The minimum absolute atomic E-state index is 0.235. The number of aliphatic hydroxyl groups excluding tert-OH is 2. The predicted molar refractivity (Wildman–Crippen MR) is 52.9 cm³/mol. The Labute approximate surface area is 82.8 Å². The number of phenolic OH excluding ortho intramolecular Hbond substituents is 1. The van der Waals surface area contributed by atoms with Crippen molar-refractivity contribution in [2.75, 3.05) is 13.2 Å². The molecule has 0 aliphatic rings. The fourth-order valence-corrected chi connectivity index (χ4v) is 1.10. The number of nitrogens with one attached hydrogen (secondary N) is 1. The van der Waals surface area contributed by atoms with Crippen molar-refractivity contribution in [1.29, 1.82) is 0 Å². The molecule has 0 saturated carbocycles. The van der Waals surface area contributed by atoms with Crippen molar-refractivity contribution in [3.8, 4) is 5.75 Å². The molecule has 0 saturated heterocycles. The van der Waals surface area contributed by atoms with Gasteiger partial charge in [-0.2, -0.15) is 0 Å². The van der Waals surface area contributed by atoms with Crippen molar-refractivity contribution in [3.63, 3.8) is 0 Å². The zero-order valence-electron chi connectivity index (χ0n) is 7.85. The van der Waals surface area contributed by atoms with Gasteiger partial charge in [0.05, 0.1) is 12.7 Å². The topological polar surface area (TPSA) is 72.7 Å². The normalized spacial score (nSPS) is 12.7. The second kappa shape index (κ2) is 5.59. The summed E-state index contributed by atoms with van der Waals surface area (Å²) in [6.07, 6.45) is -0.749. The molecule has 1 rings (SSSR count).